The Kier molecular flexibility index (Phi) is 3.31. The standard InChI is InChI=1S/C15H9ClN2O2/c16-12-5-1-4-11(8-12)14-18-13(15(19)20-14)7-10-3-2-6-17-9-10/h1-9H/b13-7+. The van der Waals surface area contributed by atoms with Crippen molar-refractivity contribution in [1.29, 1.82) is 0 Å². The quantitative estimate of drug-likeness (QED) is 0.629. The van der Waals surface area contributed by atoms with Crippen molar-refractivity contribution in [1.82, 2.24) is 4.98 Å². The minimum absolute atomic E-state index is 0.243. The number of benzene rings is 1. The lowest BCUT2D eigenvalue weighted by atomic mass is 10.2. The monoisotopic (exact) mass is 284 g/mol. The van der Waals surface area contributed by atoms with Gasteiger partial charge in [-0.3, -0.25) is 4.98 Å². The van der Waals surface area contributed by atoms with Gasteiger partial charge in [0.1, 0.15) is 0 Å². The lowest BCUT2D eigenvalue weighted by molar-refractivity contribution is -0.129. The smallest absolute Gasteiger partial charge is 0.363 e. The second-order valence-electron chi connectivity index (χ2n) is 4.13. The summed E-state index contributed by atoms with van der Waals surface area (Å²) in [4.78, 5) is 20.0. The van der Waals surface area contributed by atoms with Crippen molar-refractivity contribution < 1.29 is 9.53 Å². The van der Waals surface area contributed by atoms with E-state index in [0.29, 0.717) is 10.6 Å². The van der Waals surface area contributed by atoms with E-state index in [1.54, 1.807) is 48.8 Å². The average Bonchev–Trinajstić information content (AvgIpc) is 2.81. The summed E-state index contributed by atoms with van der Waals surface area (Å²) in [5, 5.41) is 0.561. The van der Waals surface area contributed by atoms with Crippen LogP contribution < -0.4 is 0 Å². The average molecular weight is 285 g/mol. The zero-order chi connectivity index (χ0) is 13.9. The molecule has 0 saturated heterocycles. The van der Waals surface area contributed by atoms with Crippen LogP contribution in [0.15, 0.2) is 59.5 Å². The van der Waals surface area contributed by atoms with Crippen LogP contribution in [-0.4, -0.2) is 16.9 Å². The van der Waals surface area contributed by atoms with Crippen LogP contribution in [0.4, 0.5) is 0 Å². The number of aliphatic imine (C=N–C) groups is 1. The maximum Gasteiger partial charge on any atom is 0.363 e. The van der Waals surface area contributed by atoms with Gasteiger partial charge in [-0.1, -0.05) is 23.7 Å². The molecule has 0 radical (unpaired) electrons. The molecule has 20 heavy (non-hydrogen) atoms. The van der Waals surface area contributed by atoms with E-state index >= 15 is 0 Å². The molecule has 0 unspecified atom stereocenters. The normalized spacial score (nSPS) is 16.1. The third-order valence-electron chi connectivity index (χ3n) is 2.68. The van der Waals surface area contributed by atoms with E-state index < -0.39 is 5.97 Å². The molecule has 0 bridgehead atoms. The first-order valence-electron chi connectivity index (χ1n) is 5.91. The summed E-state index contributed by atoms with van der Waals surface area (Å²) in [5.74, 6) is -0.225. The molecule has 1 aliphatic rings. The summed E-state index contributed by atoms with van der Waals surface area (Å²) in [5.41, 5.74) is 1.70. The molecule has 2 aromatic rings. The third-order valence-corrected chi connectivity index (χ3v) is 2.91. The van der Waals surface area contributed by atoms with Gasteiger partial charge >= 0.3 is 5.97 Å². The Balaban J connectivity index is 1.95. The van der Waals surface area contributed by atoms with Crippen molar-refractivity contribution in [3.05, 3.63) is 70.6 Å². The molecular formula is C15H9ClN2O2. The summed E-state index contributed by atoms with van der Waals surface area (Å²) in [6.07, 6.45) is 4.94. The summed E-state index contributed by atoms with van der Waals surface area (Å²) in [6.45, 7) is 0. The first-order chi connectivity index (χ1) is 9.72. The Hall–Kier alpha value is -2.46. The molecule has 98 valence electrons. The predicted octanol–water partition coefficient (Wildman–Crippen LogP) is 3.08. The molecule has 0 aliphatic carbocycles. The van der Waals surface area contributed by atoms with E-state index in [1.165, 1.54) is 0 Å². The topological polar surface area (TPSA) is 51.5 Å². The van der Waals surface area contributed by atoms with Crippen LogP contribution in [0, 0.1) is 0 Å². The SMILES string of the molecule is O=C1OC(c2cccc(Cl)c2)=N/C1=C/c1cccnc1. The summed E-state index contributed by atoms with van der Waals surface area (Å²) >= 11 is 5.91. The van der Waals surface area contributed by atoms with Gasteiger partial charge < -0.3 is 4.74 Å². The maximum absolute atomic E-state index is 11.8. The minimum Gasteiger partial charge on any atom is -0.402 e. The number of hydrogen-bond donors (Lipinski definition) is 0. The number of hydrogen-bond acceptors (Lipinski definition) is 4. The molecule has 1 aromatic heterocycles. The largest absolute Gasteiger partial charge is 0.402 e. The van der Waals surface area contributed by atoms with Crippen molar-refractivity contribution >= 4 is 29.5 Å². The third kappa shape index (κ3) is 2.60. The molecule has 0 fully saturated rings. The van der Waals surface area contributed by atoms with Gasteiger partial charge in [0.25, 0.3) is 0 Å². The van der Waals surface area contributed by atoms with E-state index in [0.717, 1.165) is 5.56 Å². The van der Waals surface area contributed by atoms with E-state index in [-0.39, 0.29) is 11.6 Å². The fourth-order valence-corrected chi connectivity index (χ4v) is 1.96. The van der Waals surface area contributed by atoms with Crippen LogP contribution in [0.1, 0.15) is 11.1 Å². The Bertz CT molecular complexity index is 724. The van der Waals surface area contributed by atoms with Gasteiger partial charge in [-0.25, -0.2) is 9.79 Å². The van der Waals surface area contributed by atoms with Crippen LogP contribution in [0.3, 0.4) is 0 Å². The molecule has 1 aliphatic heterocycles. The number of cyclic esters (lactones) is 1. The molecule has 0 saturated carbocycles. The van der Waals surface area contributed by atoms with Gasteiger partial charge in [-0.05, 0) is 35.9 Å². The molecule has 4 nitrogen and oxygen atoms in total. The Labute approximate surface area is 120 Å². The fourth-order valence-electron chi connectivity index (χ4n) is 1.77. The van der Waals surface area contributed by atoms with Crippen molar-refractivity contribution in [2.45, 2.75) is 0 Å². The molecule has 1 aromatic carbocycles. The van der Waals surface area contributed by atoms with E-state index in [9.17, 15) is 4.79 Å². The highest BCUT2D eigenvalue weighted by molar-refractivity contribution is 6.31. The van der Waals surface area contributed by atoms with Crippen LogP contribution in [0.5, 0.6) is 0 Å². The number of esters is 1. The molecule has 0 amide bonds. The van der Waals surface area contributed by atoms with Crippen LogP contribution in [-0.2, 0) is 9.53 Å². The van der Waals surface area contributed by atoms with E-state index in [4.69, 9.17) is 16.3 Å². The molecule has 0 N–H and O–H groups in total. The second kappa shape index (κ2) is 5.27. The minimum atomic E-state index is -0.483. The zero-order valence-corrected chi connectivity index (χ0v) is 11.0. The summed E-state index contributed by atoms with van der Waals surface area (Å²) in [6, 6.07) is 10.6. The number of carbonyl (C=O) groups excluding carboxylic acids is 1. The fraction of sp³-hybridized carbons (Fsp3) is 0. The molecule has 3 rings (SSSR count). The van der Waals surface area contributed by atoms with Gasteiger partial charge in [0, 0.05) is 23.0 Å². The summed E-state index contributed by atoms with van der Waals surface area (Å²) in [7, 11) is 0. The molecule has 0 spiro atoms. The predicted molar refractivity (Wildman–Crippen MR) is 76.3 cm³/mol. The van der Waals surface area contributed by atoms with Gasteiger partial charge in [0.05, 0.1) is 0 Å². The van der Waals surface area contributed by atoms with Crippen LogP contribution >= 0.6 is 11.6 Å². The van der Waals surface area contributed by atoms with Gasteiger partial charge in [-0.15, -0.1) is 0 Å². The Morgan fingerprint density at radius 1 is 1.20 bits per heavy atom. The highest BCUT2D eigenvalue weighted by Gasteiger charge is 2.24. The molecule has 5 heteroatoms. The Morgan fingerprint density at radius 3 is 2.85 bits per heavy atom. The number of nitrogens with zero attached hydrogens (tertiary/aromatic N) is 2. The number of pyridine rings is 1. The molecule has 2 heterocycles. The van der Waals surface area contributed by atoms with Crippen molar-refractivity contribution in [3.63, 3.8) is 0 Å². The van der Waals surface area contributed by atoms with E-state index in [2.05, 4.69) is 9.98 Å². The van der Waals surface area contributed by atoms with Crippen LogP contribution in [0.2, 0.25) is 5.02 Å². The van der Waals surface area contributed by atoms with Crippen molar-refractivity contribution in [2.24, 2.45) is 4.99 Å². The lowest BCUT2D eigenvalue weighted by Crippen LogP contribution is -2.05. The van der Waals surface area contributed by atoms with Crippen molar-refractivity contribution in [3.8, 4) is 0 Å². The van der Waals surface area contributed by atoms with Crippen molar-refractivity contribution in [2.75, 3.05) is 0 Å². The molecule has 0 atom stereocenters. The highest BCUT2D eigenvalue weighted by atomic mass is 35.5. The number of carbonyl (C=O) groups is 1. The first kappa shape index (κ1) is 12.6. The maximum atomic E-state index is 11.8. The van der Waals surface area contributed by atoms with Crippen LogP contribution in [0.25, 0.3) is 6.08 Å². The first-order valence-corrected chi connectivity index (χ1v) is 6.29. The lowest BCUT2D eigenvalue weighted by Gasteiger charge is -1.98. The number of halogens is 1. The second-order valence-corrected chi connectivity index (χ2v) is 4.57. The highest BCUT2D eigenvalue weighted by Crippen LogP contribution is 2.20. The zero-order valence-electron chi connectivity index (χ0n) is 10.3. The Morgan fingerprint density at radius 2 is 2.10 bits per heavy atom. The summed E-state index contributed by atoms with van der Waals surface area (Å²) < 4.78 is 5.15. The van der Waals surface area contributed by atoms with Gasteiger partial charge in [0.2, 0.25) is 5.90 Å². The van der Waals surface area contributed by atoms with Gasteiger partial charge in [0.15, 0.2) is 5.70 Å². The number of rotatable bonds is 2. The van der Waals surface area contributed by atoms with E-state index in [1.807, 2.05) is 6.07 Å². The molecular weight excluding hydrogens is 276 g/mol. The van der Waals surface area contributed by atoms with Gasteiger partial charge in [-0.2, -0.15) is 0 Å². The number of ether oxygens (including phenoxy) is 1. The number of aromatic nitrogens is 1.